The molecular formula is C23H19N3O2. The number of benzene rings is 2. The highest BCUT2D eigenvalue weighted by molar-refractivity contribution is 6.03. The van der Waals surface area contributed by atoms with Crippen LogP contribution < -0.4 is 4.90 Å². The first kappa shape index (κ1) is 17.5. The van der Waals surface area contributed by atoms with E-state index >= 15 is 0 Å². The summed E-state index contributed by atoms with van der Waals surface area (Å²) in [5, 5.41) is 4.35. The largest absolute Gasteiger partial charge is 0.467 e. The highest BCUT2D eigenvalue weighted by Gasteiger charge is 2.15. The van der Waals surface area contributed by atoms with Gasteiger partial charge in [-0.2, -0.15) is 5.10 Å². The highest BCUT2D eigenvalue weighted by atomic mass is 16.3. The average Bonchev–Trinajstić information content (AvgIpc) is 3.44. The molecule has 2 heterocycles. The summed E-state index contributed by atoms with van der Waals surface area (Å²) in [6.07, 6.45) is 8.56. The first-order valence-corrected chi connectivity index (χ1v) is 8.97. The van der Waals surface area contributed by atoms with Crippen molar-refractivity contribution < 1.29 is 9.21 Å². The number of carbonyl (C=O) groups excluding carboxylic acids is 1. The molecule has 2 aromatic carbocycles. The quantitative estimate of drug-likeness (QED) is 0.463. The van der Waals surface area contributed by atoms with E-state index in [2.05, 4.69) is 5.10 Å². The molecule has 0 atom stereocenters. The SMILES string of the molecule is O=C(/C=C/c1cnn(-c2ccccc2)c1)N(Cc1ccco1)c1ccccc1. The van der Waals surface area contributed by atoms with Gasteiger partial charge < -0.3 is 9.32 Å². The van der Waals surface area contributed by atoms with Crippen molar-refractivity contribution in [3.63, 3.8) is 0 Å². The lowest BCUT2D eigenvalue weighted by molar-refractivity contribution is -0.114. The maximum absolute atomic E-state index is 12.9. The third kappa shape index (κ3) is 4.10. The van der Waals surface area contributed by atoms with Gasteiger partial charge in [0.1, 0.15) is 5.76 Å². The maximum atomic E-state index is 12.9. The lowest BCUT2D eigenvalue weighted by Crippen LogP contribution is -2.28. The number of carbonyl (C=O) groups is 1. The zero-order valence-corrected chi connectivity index (χ0v) is 15.2. The van der Waals surface area contributed by atoms with Crippen LogP contribution >= 0.6 is 0 Å². The van der Waals surface area contributed by atoms with Crippen molar-refractivity contribution in [3.05, 3.63) is 109 Å². The third-order valence-electron chi connectivity index (χ3n) is 4.27. The molecule has 0 saturated carbocycles. The highest BCUT2D eigenvalue weighted by Crippen LogP contribution is 2.18. The van der Waals surface area contributed by atoms with Crippen molar-refractivity contribution >= 4 is 17.7 Å². The molecule has 0 N–H and O–H groups in total. The van der Waals surface area contributed by atoms with Gasteiger partial charge in [0.05, 0.1) is 24.7 Å². The summed E-state index contributed by atoms with van der Waals surface area (Å²) in [4.78, 5) is 14.6. The van der Waals surface area contributed by atoms with E-state index in [9.17, 15) is 4.79 Å². The van der Waals surface area contributed by atoms with Gasteiger partial charge in [0.15, 0.2) is 0 Å². The number of amides is 1. The van der Waals surface area contributed by atoms with Gasteiger partial charge in [0.25, 0.3) is 5.91 Å². The van der Waals surface area contributed by atoms with E-state index in [-0.39, 0.29) is 5.91 Å². The van der Waals surface area contributed by atoms with Gasteiger partial charge in [-0.25, -0.2) is 4.68 Å². The Morgan fingerprint density at radius 1 is 1.00 bits per heavy atom. The summed E-state index contributed by atoms with van der Waals surface area (Å²) in [6.45, 7) is 0.365. The molecule has 4 rings (SSSR count). The zero-order chi connectivity index (χ0) is 19.2. The molecule has 0 aliphatic rings. The second kappa shape index (κ2) is 8.22. The minimum absolute atomic E-state index is 0.130. The Hall–Kier alpha value is -3.86. The summed E-state index contributed by atoms with van der Waals surface area (Å²) in [7, 11) is 0. The van der Waals surface area contributed by atoms with E-state index in [4.69, 9.17) is 4.42 Å². The first-order chi connectivity index (χ1) is 13.8. The molecule has 0 fully saturated rings. The second-order valence-electron chi connectivity index (χ2n) is 6.23. The Balaban J connectivity index is 1.53. The molecule has 0 spiro atoms. The number of anilines is 1. The summed E-state index contributed by atoms with van der Waals surface area (Å²) in [5.74, 6) is 0.595. The van der Waals surface area contributed by atoms with Crippen molar-refractivity contribution in [3.8, 4) is 5.69 Å². The van der Waals surface area contributed by atoms with Crippen LogP contribution in [-0.2, 0) is 11.3 Å². The van der Waals surface area contributed by atoms with Crippen LogP contribution in [0.2, 0.25) is 0 Å². The second-order valence-corrected chi connectivity index (χ2v) is 6.23. The summed E-state index contributed by atoms with van der Waals surface area (Å²) in [5.41, 5.74) is 2.63. The first-order valence-electron chi connectivity index (χ1n) is 8.97. The van der Waals surface area contributed by atoms with E-state index in [1.165, 1.54) is 0 Å². The van der Waals surface area contributed by atoms with Crippen LogP contribution in [0.1, 0.15) is 11.3 Å². The topological polar surface area (TPSA) is 51.3 Å². The number of hydrogen-bond donors (Lipinski definition) is 0. The molecule has 0 radical (unpaired) electrons. The van der Waals surface area contributed by atoms with Gasteiger partial charge in [-0.3, -0.25) is 4.79 Å². The Bertz CT molecular complexity index is 1050. The molecule has 4 aromatic rings. The molecule has 1 amide bonds. The van der Waals surface area contributed by atoms with Gasteiger partial charge in [-0.1, -0.05) is 36.4 Å². The predicted molar refractivity (Wildman–Crippen MR) is 109 cm³/mol. The van der Waals surface area contributed by atoms with Crippen LogP contribution in [0.25, 0.3) is 11.8 Å². The standard InChI is InChI=1S/C23H19N3O2/c27-23(14-13-19-16-24-26(17-19)21-10-5-2-6-11-21)25(18-22-12-7-15-28-22)20-8-3-1-4-9-20/h1-17H,18H2/b14-13+. The van der Waals surface area contributed by atoms with Crippen LogP contribution in [-0.4, -0.2) is 15.7 Å². The monoisotopic (exact) mass is 369 g/mol. The summed E-state index contributed by atoms with van der Waals surface area (Å²) >= 11 is 0. The smallest absolute Gasteiger partial charge is 0.251 e. The molecule has 0 aliphatic carbocycles. The number of hydrogen-bond acceptors (Lipinski definition) is 3. The maximum Gasteiger partial charge on any atom is 0.251 e. The molecule has 0 saturated heterocycles. The predicted octanol–water partition coefficient (Wildman–Crippen LogP) is 4.71. The van der Waals surface area contributed by atoms with Gasteiger partial charge in [0, 0.05) is 23.5 Å². The molecule has 0 unspecified atom stereocenters. The lowest BCUT2D eigenvalue weighted by atomic mass is 10.2. The molecule has 138 valence electrons. The summed E-state index contributed by atoms with van der Waals surface area (Å²) in [6, 6.07) is 23.1. The van der Waals surface area contributed by atoms with E-state index < -0.39 is 0 Å². The fraction of sp³-hybridized carbons (Fsp3) is 0.0435. The fourth-order valence-electron chi connectivity index (χ4n) is 2.86. The summed E-state index contributed by atoms with van der Waals surface area (Å²) < 4.78 is 7.20. The van der Waals surface area contributed by atoms with Gasteiger partial charge in [-0.15, -0.1) is 0 Å². The van der Waals surface area contributed by atoms with E-state index in [0.717, 1.165) is 22.7 Å². The minimum atomic E-state index is -0.130. The Labute approximate surface area is 163 Å². The van der Waals surface area contributed by atoms with Crippen molar-refractivity contribution in [1.29, 1.82) is 0 Å². The van der Waals surface area contributed by atoms with E-state index in [1.54, 1.807) is 34.2 Å². The molecule has 28 heavy (non-hydrogen) atoms. The lowest BCUT2D eigenvalue weighted by Gasteiger charge is -2.20. The number of furan rings is 1. The number of aromatic nitrogens is 2. The Morgan fingerprint density at radius 2 is 1.75 bits per heavy atom. The van der Waals surface area contributed by atoms with Crippen LogP contribution in [0, 0.1) is 0 Å². The van der Waals surface area contributed by atoms with Gasteiger partial charge >= 0.3 is 0 Å². The fourth-order valence-corrected chi connectivity index (χ4v) is 2.86. The number of para-hydroxylation sites is 2. The van der Waals surface area contributed by atoms with Crippen molar-refractivity contribution in [2.45, 2.75) is 6.54 Å². The van der Waals surface area contributed by atoms with E-state index in [1.807, 2.05) is 79.0 Å². The third-order valence-corrected chi connectivity index (χ3v) is 4.27. The molecule has 0 bridgehead atoms. The van der Waals surface area contributed by atoms with Crippen molar-refractivity contribution in [2.24, 2.45) is 0 Å². The molecular weight excluding hydrogens is 350 g/mol. The van der Waals surface area contributed by atoms with Crippen LogP contribution in [0.15, 0.2) is 102 Å². The Morgan fingerprint density at radius 3 is 2.46 bits per heavy atom. The minimum Gasteiger partial charge on any atom is -0.467 e. The normalized spacial score (nSPS) is 11.0. The van der Waals surface area contributed by atoms with E-state index in [0.29, 0.717) is 6.54 Å². The van der Waals surface area contributed by atoms with Gasteiger partial charge in [0.2, 0.25) is 0 Å². The van der Waals surface area contributed by atoms with Crippen LogP contribution in [0.3, 0.4) is 0 Å². The van der Waals surface area contributed by atoms with Crippen LogP contribution in [0.5, 0.6) is 0 Å². The van der Waals surface area contributed by atoms with Crippen LogP contribution in [0.4, 0.5) is 5.69 Å². The zero-order valence-electron chi connectivity index (χ0n) is 15.2. The number of rotatable bonds is 6. The molecule has 2 aromatic heterocycles. The van der Waals surface area contributed by atoms with Crippen molar-refractivity contribution in [2.75, 3.05) is 4.90 Å². The van der Waals surface area contributed by atoms with Crippen molar-refractivity contribution in [1.82, 2.24) is 9.78 Å². The Kier molecular flexibility index (Phi) is 5.15. The molecule has 5 heteroatoms. The molecule has 5 nitrogen and oxygen atoms in total. The average molecular weight is 369 g/mol. The number of nitrogens with zero attached hydrogens (tertiary/aromatic N) is 3. The van der Waals surface area contributed by atoms with Gasteiger partial charge in [-0.05, 0) is 42.5 Å². The molecule has 0 aliphatic heterocycles.